The molecule has 0 radical (unpaired) electrons. The van der Waals surface area contributed by atoms with Gasteiger partial charge in [-0.15, -0.1) is 0 Å². The third-order valence-electron chi connectivity index (χ3n) is 3.80. The van der Waals surface area contributed by atoms with Gasteiger partial charge in [0.2, 0.25) is 0 Å². The summed E-state index contributed by atoms with van der Waals surface area (Å²) in [6.45, 7) is 3.49. The monoisotopic (exact) mass is 227 g/mol. The average Bonchev–Trinajstić information content (AvgIpc) is 2.37. The Balaban J connectivity index is 1.47. The van der Waals surface area contributed by atoms with Gasteiger partial charge in [-0.1, -0.05) is 32.1 Å². The molecule has 0 aromatic carbocycles. The predicted molar refractivity (Wildman–Crippen MR) is 64.4 cm³/mol. The van der Waals surface area contributed by atoms with Crippen molar-refractivity contribution >= 4 is 0 Å². The van der Waals surface area contributed by atoms with Gasteiger partial charge in [0.15, 0.2) is 0 Å². The van der Waals surface area contributed by atoms with Crippen LogP contribution in [0.5, 0.6) is 0 Å². The van der Waals surface area contributed by atoms with Crippen LogP contribution >= 0.6 is 0 Å². The minimum atomic E-state index is 0.375. The van der Waals surface area contributed by atoms with Crippen LogP contribution < -0.4 is 5.32 Å². The summed E-state index contributed by atoms with van der Waals surface area (Å²) in [4.78, 5) is 0. The summed E-state index contributed by atoms with van der Waals surface area (Å²) in [5, 5.41) is 3.52. The zero-order valence-corrected chi connectivity index (χ0v) is 10.2. The second-order valence-corrected chi connectivity index (χ2v) is 5.10. The molecule has 0 spiro atoms. The largest absolute Gasteiger partial charge is 0.355 e. The van der Waals surface area contributed by atoms with Gasteiger partial charge >= 0.3 is 0 Å². The molecule has 1 aliphatic carbocycles. The van der Waals surface area contributed by atoms with E-state index in [0.717, 1.165) is 32.0 Å². The van der Waals surface area contributed by atoms with Gasteiger partial charge in [-0.3, -0.25) is 0 Å². The molecule has 1 saturated carbocycles. The number of rotatable bonds is 5. The molecule has 1 N–H and O–H groups in total. The molecule has 1 heterocycles. The summed E-state index contributed by atoms with van der Waals surface area (Å²) < 4.78 is 10.6. The number of ether oxygens (including phenoxy) is 2. The Bertz CT molecular complexity index is 155. The maximum absolute atomic E-state index is 5.49. The SMILES string of the molecule is C1CCC(CCNCC2CCOCO2)CC1. The minimum Gasteiger partial charge on any atom is -0.355 e. The second-order valence-electron chi connectivity index (χ2n) is 5.10. The lowest BCUT2D eigenvalue weighted by atomic mass is 9.87. The van der Waals surface area contributed by atoms with Crippen molar-refractivity contribution in [2.24, 2.45) is 5.92 Å². The molecular formula is C13H25NO2. The zero-order chi connectivity index (χ0) is 11.1. The maximum Gasteiger partial charge on any atom is 0.147 e. The first-order chi connectivity index (χ1) is 7.95. The van der Waals surface area contributed by atoms with E-state index < -0.39 is 0 Å². The topological polar surface area (TPSA) is 30.5 Å². The summed E-state index contributed by atoms with van der Waals surface area (Å²) >= 11 is 0. The summed E-state index contributed by atoms with van der Waals surface area (Å²) in [5.74, 6) is 0.983. The summed E-state index contributed by atoms with van der Waals surface area (Å²) in [5.41, 5.74) is 0. The van der Waals surface area contributed by atoms with Gasteiger partial charge < -0.3 is 14.8 Å². The molecular weight excluding hydrogens is 202 g/mol. The Morgan fingerprint density at radius 2 is 1.94 bits per heavy atom. The van der Waals surface area contributed by atoms with Crippen LogP contribution in [-0.4, -0.2) is 32.6 Å². The van der Waals surface area contributed by atoms with Crippen LogP contribution in [0.3, 0.4) is 0 Å². The summed E-state index contributed by atoms with van der Waals surface area (Å²) in [6.07, 6.45) is 10.0. The molecule has 1 atom stereocenters. The van der Waals surface area contributed by atoms with E-state index in [9.17, 15) is 0 Å². The molecule has 16 heavy (non-hydrogen) atoms. The lowest BCUT2D eigenvalue weighted by Crippen LogP contribution is -2.34. The number of hydrogen-bond acceptors (Lipinski definition) is 3. The number of hydrogen-bond donors (Lipinski definition) is 1. The Labute approximate surface area is 98.9 Å². The van der Waals surface area contributed by atoms with Crippen molar-refractivity contribution in [2.75, 3.05) is 26.5 Å². The third-order valence-corrected chi connectivity index (χ3v) is 3.80. The average molecular weight is 227 g/mol. The normalized spacial score (nSPS) is 28.1. The Kier molecular flexibility index (Phi) is 5.59. The van der Waals surface area contributed by atoms with Crippen molar-refractivity contribution in [1.82, 2.24) is 5.32 Å². The van der Waals surface area contributed by atoms with E-state index >= 15 is 0 Å². The van der Waals surface area contributed by atoms with Crippen molar-refractivity contribution < 1.29 is 9.47 Å². The van der Waals surface area contributed by atoms with E-state index in [4.69, 9.17) is 9.47 Å². The summed E-state index contributed by atoms with van der Waals surface area (Å²) in [7, 11) is 0. The Morgan fingerprint density at radius 1 is 1.06 bits per heavy atom. The molecule has 2 aliphatic rings. The maximum atomic E-state index is 5.49. The van der Waals surface area contributed by atoms with Gasteiger partial charge in [-0.2, -0.15) is 0 Å². The van der Waals surface area contributed by atoms with Gasteiger partial charge in [-0.25, -0.2) is 0 Å². The van der Waals surface area contributed by atoms with Gasteiger partial charge in [0.05, 0.1) is 12.7 Å². The van der Waals surface area contributed by atoms with E-state index in [1.807, 2.05) is 0 Å². The van der Waals surface area contributed by atoms with E-state index in [0.29, 0.717) is 12.9 Å². The quantitative estimate of drug-likeness (QED) is 0.731. The molecule has 94 valence electrons. The zero-order valence-electron chi connectivity index (χ0n) is 10.2. The molecule has 0 bridgehead atoms. The van der Waals surface area contributed by atoms with Gasteiger partial charge in [0.25, 0.3) is 0 Å². The molecule has 0 aromatic rings. The Hall–Kier alpha value is -0.120. The van der Waals surface area contributed by atoms with Crippen molar-refractivity contribution in [1.29, 1.82) is 0 Å². The minimum absolute atomic E-state index is 0.375. The Morgan fingerprint density at radius 3 is 2.69 bits per heavy atom. The highest BCUT2D eigenvalue weighted by Crippen LogP contribution is 2.25. The molecule has 0 amide bonds. The fraction of sp³-hybridized carbons (Fsp3) is 1.00. The first-order valence-electron chi connectivity index (χ1n) is 6.85. The van der Waals surface area contributed by atoms with Crippen LogP contribution in [-0.2, 0) is 9.47 Å². The highest BCUT2D eigenvalue weighted by atomic mass is 16.7. The highest BCUT2D eigenvalue weighted by molar-refractivity contribution is 4.68. The molecule has 1 aliphatic heterocycles. The first kappa shape index (κ1) is 12.3. The lowest BCUT2D eigenvalue weighted by molar-refractivity contribution is -0.137. The van der Waals surface area contributed by atoms with Gasteiger partial charge in [-0.05, 0) is 25.3 Å². The molecule has 0 aromatic heterocycles. The van der Waals surface area contributed by atoms with E-state index in [1.165, 1.54) is 38.5 Å². The van der Waals surface area contributed by atoms with Crippen molar-refractivity contribution in [2.45, 2.75) is 51.0 Å². The fourth-order valence-electron chi connectivity index (χ4n) is 2.71. The van der Waals surface area contributed by atoms with E-state index in [2.05, 4.69) is 5.32 Å². The molecule has 1 saturated heterocycles. The van der Waals surface area contributed by atoms with Crippen LogP contribution in [0.2, 0.25) is 0 Å². The summed E-state index contributed by atoms with van der Waals surface area (Å²) in [6, 6.07) is 0. The highest BCUT2D eigenvalue weighted by Gasteiger charge is 2.15. The fourth-order valence-corrected chi connectivity index (χ4v) is 2.71. The molecule has 1 unspecified atom stereocenters. The molecule has 3 nitrogen and oxygen atoms in total. The van der Waals surface area contributed by atoms with Crippen molar-refractivity contribution in [3.8, 4) is 0 Å². The van der Waals surface area contributed by atoms with Crippen LogP contribution in [0.25, 0.3) is 0 Å². The lowest BCUT2D eigenvalue weighted by Gasteiger charge is -2.24. The van der Waals surface area contributed by atoms with Crippen LogP contribution in [0.1, 0.15) is 44.9 Å². The smallest absolute Gasteiger partial charge is 0.147 e. The van der Waals surface area contributed by atoms with Crippen LogP contribution in [0.15, 0.2) is 0 Å². The third kappa shape index (κ3) is 4.40. The van der Waals surface area contributed by atoms with E-state index in [-0.39, 0.29) is 0 Å². The second kappa shape index (κ2) is 7.25. The standard InChI is InChI=1S/C13H25NO2/c1-2-4-12(5-3-1)6-8-14-10-13-7-9-15-11-16-13/h12-14H,1-11H2. The van der Waals surface area contributed by atoms with Gasteiger partial charge in [0, 0.05) is 6.54 Å². The number of nitrogens with one attached hydrogen (secondary N) is 1. The molecule has 3 heteroatoms. The first-order valence-corrected chi connectivity index (χ1v) is 6.85. The van der Waals surface area contributed by atoms with E-state index in [1.54, 1.807) is 0 Å². The van der Waals surface area contributed by atoms with Crippen LogP contribution in [0.4, 0.5) is 0 Å². The van der Waals surface area contributed by atoms with Gasteiger partial charge in [0.1, 0.15) is 6.79 Å². The molecule has 2 fully saturated rings. The van der Waals surface area contributed by atoms with Crippen molar-refractivity contribution in [3.63, 3.8) is 0 Å². The van der Waals surface area contributed by atoms with Crippen molar-refractivity contribution in [3.05, 3.63) is 0 Å². The molecule has 2 rings (SSSR count). The van der Waals surface area contributed by atoms with Crippen LogP contribution in [0, 0.1) is 5.92 Å². The predicted octanol–water partition coefficient (Wildman–Crippen LogP) is 2.31.